The molecule has 1 aliphatic rings. The summed E-state index contributed by atoms with van der Waals surface area (Å²) in [5.41, 5.74) is 5.71. The Hall–Kier alpha value is -1.81. The minimum atomic E-state index is -1.12. The molecule has 0 aromatic carbocycles. The first-order chi connectivity index (χ1) is 12.6. The van der Waals surface area contributed by atoms with Crippen molar-refractivity contribution in [3.63, 3.8) is 0 Å². The number of carboxylic acids is 1. The average molecular weight is 403 g/mol. The van der Waals surface area contributed by atoms with E-state index in [-0.39, 0.29) is 24.0 Å². The van der Waals surface area contributed by atoms with Gasteiger partial charge < -0.3 is 26.4 Å². The van der Waals surface area contributed by atoms with Crippen LogP contribution >= 0.6 is 12.6 Å². The Morgan fingerprint density at radius 3 is 2.37 bits per heavy atom. The highest BCUT2D eigenvalue weighted by atomic mass is 32.1. The molecule has 1 rings (SSSR count). The second kappa shape index (κ2) is 10.5. The topological polar surface area (TPSA) is 142 Å². The van der Waals surface area contributed by atoms with Gasteiger partial charge in [-0.3, -0.25) is 14.4 Å². The number of hydrogen-bond donors (Lipinski definition) is 5. The third-order valence-electron chi connectivity index (χ3n) is 4.43. The van der Waals surface area contributed by atoms with E-state index in [2.05, 4.69) is 23.3 Å². The molecule has 1 heterocycles. The first kappa shape index (κ1) is 23.2. The molecule has 3 amide bonds. The molecule has 27 heavy (non-hydrogen) atoms. The monoisotopic (exact) mass is 402 g/mol. The Kier molecular flexibility index (Phi) is 9.04. The molecule has 5 N–H and O–H groups in total. The number of nitrogens with one attached hydrogen (secondary N) is 2. The first-order valence-corrected chi connectivity index (χ1v) is 9.72. The Bertz CT molecular complexity index is 572. The average Bonchev–Trinajstić information content (AvgIpc) is 3.08. The zero-order valence-electron chi connectivity index (χ0n) is 16.0. The normalized spacial score (nSPS) is 20.1. The highest BCUT2D eigenvalue weighted by molar-refractivity contribution is 7.80. The van der Waals surface area contributed by atoms with Gasteiger partial charge in [-0.05, 0) is 32.1 Å². The van der Waals surface area contributed by atoms with Crippen LogP contribution in [0.15, 0.2) is 0 Å². The molecule has 1 fully saturated rings. The molecule has 4 unspecified atom stereocenters. The predicted octanol–water partition coefficient (Wildman–Crippen LogP) is -0.645. The summed E-state index contributed by atoms with van der Waals surface area (Å²) in [6.07, 6.45) is 1.43. The van der Waals surface area contributed by atoms with Gasteiger partial charge in [0.1, 0.15) is 18.1 Å². The van der Waals surface area contributed by atoms with Crippen LogP contribution in [-0.4, -0.2) is 70.2 Å². The summed E-state index contributed by atoms with van der Waals surface area (Å²) in [5, 5.41) is 14.2. The lowest BCUT2D eigenvalue weighted by molar-refractivity contribution is -0.143. The second-order valence-corrected chi connectivity index (χ2v) is 7.60. The van der Waals surface area contributed by atoms with Crippen molar-refractivity contribution in [3.8, 4) is 0 Å². The first-order valence-electron chi connectivity index (χ1n) is 9.08. The molecule has 0 spiro atoms. The molecule has 0 saturated carbocycles. The molecule has 0 aromatic heterocycles. The second-order valence-electron chi connectivity index (χ2n) is 7.24. The van der Waals surface area contributed by atoms with E-state index < -0.39 is 42.0 Å². The molecular formula is C17H30N4O5S. The Morgan fingerprint density at radius 2 is 1.85 bits per heavy atom. The van der Waals surface area contributed by atoms with Gasteiger partial charge in [0.05, 0.1) is 6.04 Å². The number of nitrogens with two attached hydrogens (primary N) is 1. The number of carbonyl (C=O) groups is 4. The van der Waals surface area contributed by atoms with Gasteiger partial charge in [0.25, 0.3) is 0 Å². The van der Waals surface area contributed by atoms with Crippen LogP contribution in [-0.2, 0) is 19.2 Å². The van der Waals surface area contributed by atoms with Crippen LogP contribution in [0.5, 0.6) is 0 Å². The van der Waals surface area contributed by atoms with Crippen LogP contribution in [0.4, 0.5) is 0 Å². The lowest BCUT2D eigenvalue weighted by Crippen LogP contribution is -2.56. The number of likely N-dealkylation sites (tertiary alicyclic amines) is 1. The van der Waals surface area contributed by atoms with Crippen molar-refractivity contribution >= 4 is 36.3 Å². The molecule has 0 radical (unpaired) electrons. The van der Waals surface area contributed by atoms with Crippen LogP contribution in [0.1, 0.15) is 40.0 Å². The van der Waals surface area contributed by atoms with Crippen molar-refractivity contribution in [2.45, 2.75) is 64.2 Å². The molecular weight excluding hydrogens is 372 g/mol. The van der Waals surface area contributed by atoms with E-state index in [0.717, 1.165) is 0 Å². The number of amides is 3. The fraction of sp³-hybridized carbons (Fsp3) is 0.765. The number of nitrogens with zero attached hydrogens (tertiary/aromatic N) is 1. The summed E-state index contributed by atoms with van der Waals surface area (Å²) in [4.78, 5) is 49.7. The van der Waals surface area contributed by atoms with Gasteiger partial charge in [-0.15, -0.1) is 0 Å². The van der Waals surface area contributed by atoms with Crippen LogP contribution in [0.3, 0.4) is 0 Å². The van der Waals surface area contributed by atoms with Crippen molar-refractivity contribution in [2.24, 2.45) is 11.7 Å². The Morgan fingerprint density at radius 1 is 1.22 bits per heavy atom. The fourth-order valence-electron chi connectivity index (χ4n) is 2.96. The smallest absolute Gasteiger partial charge is 0.326 e. The lowest BCUT2D eigenvalue weighted by atomic mass is 10.0. The molecule has 154 valence electrons. The number of aliphatic carboxylic acids is 1. The highest BCUT2D eigenvalue weighted by Gasteiger charge is 2.37. The number of hydrogen-bond acceptors (Lipinski definition) is 6. The van der Waals surface area contributed by atoms with E-state index in [1.165, 1.54) is 11.8 Å². The minimum Gasteiger partial charge on any atom is -0.480 e. The summed E-state index contributed by atoms with van der Waals surface area (Å²) < 4.78 is 0. The molecule has 0 aromatic rings. The Labute approximate surface area is 164 Å². The van der Waals surface area contributed by atoms with Crippen LogP contribution in [0, 0.1) is 5.92 Å². The van der Waals surface area contributed by atoms with Gasteiger partial charge >= 0.3 is 5.97 Å². The van der Waals surface area contributed by atoms with Gasteiger partial charge in [0.2, 0.25) is 17.7 Å². The molecule has 10 heteroatoms. The molecule has 0 bridgehead atoms. The largest absolute Gasteiger partial charge is 0.480 e. The van der Waals surface area contributed by atoms with E-state index in [0.29, 0.717) is 19.4 Å². The number of carbonyl (C=O) groups excluding carboxylic acids is 3. The van der Waals surface area contributed by atoms with Gasteiger partial charge in [-0.2, -0.15) is 12.6 Å². The fourth-order valence-corrected chi connectivity index (χ4v) is 3.12. The zero-order valence-corrected chi connectivity index (χ0v) is 16.9. The third kappa shape index (κ3) is 6.69. The van der Waals surface area contributed by atoms with Crippen molar-refractivity contribution in [2.75, 3.05) is 12.3 Å². The van der Waals surface area contributed by atoms with E-state index in [4.69, 9.17) is 5.73 Å². The number of rotatable bonds is 9. The van der Waals surface area contributed by atoms with Crippen molar-refractivity contribution in [1.29, 1.82) is 0 Å². The summed E-state index contributed by atoms with van der Waals surface area (Å²) in [7, 11) is 0. The van der Waals surface area contributed by atoms with E-state index in [1.807, 2.05) is 13.8 Å². The van der Waals surface area contributed by atoms with E-state index in [9.17, 15) is 24.3 Å². The van der Waals surface area contributed by atoms with E-state index in [1.54, 1.807) is 0 Å². The summed E-state index contributed by atoms with van der Waals surface area (Å²) >= 11 is 4.01. The SMILES string of the molecule is CC(C)CC(NC(=O)C(C)NC(=O)C1CCCN1C(=O)C(N)CS)C(=O)O. The van der Waals surface area contributed by atoms with Gasteiger partial charge in [0.15, 0.2) is 0 Å². The number of thiol groups is 1. The zero-order chi connectivity index (χ0) is 20.7. The van der Waals surface area contributed by atoms with Gasteiger partial charge in [-0.1, -0.05) is 13.8 Å². The molecule has 0 aliphatic carbocycles. The van der Waals surface area contributed by atoms with Gasteiger partial charge in [-0.25, -0.2) is 4.79 Å². The molecule has 4 atom stereocenters. The highest BCUT2D eigenvalue weighted by Crippen LogP contribution is 2.18. The maximum absolute atomic E-state index is 12.5. The molecule has 1 saturated heterocycles. The van der Waals surface area contributed by atoms with Crippen molar-refractivity contribution in [1.82, 2.24) is 15.5 Å². The third-order valence-corrected chi connectivity index (χ3v) is 4.82. The van der Waals surface area contributed by atoms with E-state index >= 15 is 0 Å². The predicted molar refractivity (Wildman–Crippen MR) is 103 cm³/mol. The summed E-state index contributed by atoms with van der Waals surface area (Å²) in [6.45, 7) is 5.61. The molecule has 9 nitrogen and oxygen atoms in total. The van der Waals surface area contributed by atoms with Crippen molar-refractivity contribution in [3.05, 3.63) is 0 Å². The lowest BCUT2D eigenvalue weighted by Gasteiger charge is -2.27. The maximum atomic E-state index is 12.5. The number of carboxylic acid groups (broad SMARTS) is 1. The minimum absolute atomic E-state index is 0.0883. The van der Waals surface area contributed by atoms with Crippen LogP contribution < -0.4 is 16.4 Å². The summed E-state index contributed by atoms with van der Waals surface area (Å²) in [5.74, 6) is -2.24. The Balaban J connectivity index is 2.68. The standard InChI is InChI=1S/C17H30N4O5S/c1-9(2)7-12(17(25)26)20-14(22)10(3)19-15(23)13-5-4-6-21(13)16(24)11(18)8-27/h9-13,27H,4-8,18H2,1-3H3,(H,19,23)(H,20,22)(H,25,26). The van der Waals surface area contributed by atoms with Crippen LogP contribution in [0.2, 0.25) is 0 Å². The van der Waals surface area contributed by atoms with Crippen molar-refractivity contribution < 1.29 is 24.3 Å². The summed E-state index contributed by atoms with van der Waals surface area (Å²) in [6, 6.07) is -3.42. The quantitative estimate of drug-likeness (QED) is 0.325. The maximum Gasteiger partial charge on any atom is 0.326 e. The molecule has 1 aliphatic heterocycles. The van der Waals surface area contributed by atoms with Crippen LogP contribution in [0.25, 0.3) is 0 Å². The van der Waals surface area contributed by atoms with Gasteiger partial charge in [0, 0.05) is 12.3 Å².